The number of hydrogen-bond donors (Lipinski definition) is 1. The lowest BCUT2D eigenvalue weighted by molar-refractivity contribution is 0.712. The minimum absolute atomic E-state index is 0.406. The molecule has 0 aliphatic rings. The van der Waals surface area contributed by atoms with Gasteiger partial charge in [0.05, 0.1) is 30.0 Å². The normalized spacial score (nSPS) is 11.2. The molecule has 0 saturated heterocycles. The van der Waals surface area contributed by atoms with Crippen molar-refractivity contribution in [1.82, 2.24) is 24.7 Å². The van der Waals surface area contributed by atoms with Gasteiger partial charge in [0, 0.05) is 16.5 Å². The van der Waals surface area contributed by atoms with E-state index in [1.54, 1.807) is 12.3 Å². The second kappa shape index (κ2) is 6.90. The van der Waals surface area contributed by atoms with Crippen molar-refractivity contribution in [2.75, 3.05) is 5.32 Å². The van der Waals surface area contributed by atoms with E-state index in [2.05, 4.69) is 49.6 Å². The lowest BCUT2D eigenvalue weighted by atomic mass is 10.2. The van der Waals surface area contributed by atoms with Crippen LogP contribution >= 0.6 is 11.6 Å². The van der Waals surface area contributed by atoms with Crippen LogP contribution in [-0.4, -0.2) is 24.7 Å². The lowest BCUT2D eigenvalue weighted by Crippen LogP contribution is -2.01. The van der Waals surface area contributed by atoms with Crippen molar-refractivity contribution in [3.8, 4) is 0 Å². The summed E-state index contributed by atoms with van der Waals surface area (Å²) in [5, 5.41) is 10.2. The molecule has 0 bridgehead atoms. The summed E-state index contributed by atoms with van der Waals surface area (Å²) in [5.41, 5.74) is 3.94. The summed E-state index contributed by atoms with van der Waals surface area (Å²) in [4.78, 5) is 12.7. The Bertz CT molecular complexity index is 1280. The molecule has 0 aliphatic carbocycles. The molecule has 3 heterocycles. The van der Waals surface area contributed by atoms with E-state index in [-0.39, 0.29) is 0 Å². The molecule has 0 unspecified atom stereocenters. The number of nitrogens with one attached hydrogen (secondary N) is 1. The standard InChI is InChI=1S/C21H15ClN6/c22-20-9-17-18(11-23-20)24-13-25-21(17)27-16-6-7-19-15(8-16)10-26-28(19)12-14-4-2-1-3-5-14/h1-11,13H,12H2,(H,24,25,27). The third kappa shape index (κ3) is 3.14. The average Bonchev–Trinajstić information content (AvgIpc) is 3.11. The fourth-order valence-electron chi connectivity index (χ4n) is 3.22. The Morgan fingerprint density at radius 2 is 1.82 bits per heavy atom. The zero-order valence-corrected chi connectivity index (χ0v) is 15.5. The summed E-state index contributed by atoms with van der Waals surface area (Å²) in [6.45, 7) is 0.735. The van der Waals surface area contributed by atoms with Gasteiger partial charge in [-0.1, -0.05) is 41.9 Å². The Morgan fingerprint density at radius 3 is 2.71 bits per heavy atom. The van der Waals surface area contributed by atoms with Gasteiger partial charge in [0.15, 0.2) is 0 Å². The maximum absolute atomic E-state index is 6.04. The monoisotopic (exact) mass is 386 g/mol. The molecule has 2 aromatic carbocycles. The maximum Gasteiger partial charge on any atom is 0.141 e. The van der Waals surface area contributed by atoms with Crippen LogP contribution in [0.4, 0.5) is 11.5 Å². The average molecular weight is 387 g/mol. The fraction of sp³-hybridized carbons (Fsp3) is 0.0476. The van der Waals surface area contributed by atoms with Crippen molar-refractivity contribution in [1.29, 1.82) is 0 Å². The van der Waals surface area contributed by atoms with E-state index < -0.39 is 0 Å². The van der Waals surface area contributed by atoms with Crippen molar-refractivity contribution in [2.24, 2.45) is 0 Å². The first-order valence-corrected chi connectivity index (χ1v) is 9.17. The first kappa shape index (κ1) is 16.6. The Balaban J connectivity index is 1.47. The highest BCUT2D eigenvalue weighted by Crippen LogP contribution is 2.26. The Hall–Kier alpha value is -3.51. The van der Waals surface area contributed by atoms with Gasteiger partial charge in [-0.15, -0.1) is 0 Å². The first-order valence-electron chi connectivity index (χ1n) is 8.79. The number of halogens is 1. The predicted octanol–water partition coefficient (Wildman–Crippen LogP) is 4.82. The van der Waals surface area contributed by atoms with E-state index >= 15 is 0 Å². The highest BCUT2D eigenvalue weighted by Gasteiger charge is 2.08. The summed E-state index contributed by atoms with van der Waals surface area (Å²) in [6, 6.07) is 18.2. The number of pyridine rings is 1. The summed E-state index contributed by atoms with van der Waals surface area (Å²) >= 11 is 6.04. The van der Waals surface area contributed by atoms with Crippen molar-refractivity contribution < 1.29 is 0 Å². The summed E-state index contributed by atoms with van der Waals surface area (Å²) in [7, 11) is 0. The molecular formula is C21H15ClN6. The third-order valence-electron chi connectivity index (χ3n) is 4.57. The quantitative estimate of drug-likeness (QED) is 0.448. The number of fused-ring (bicyclic) bond motifs is 2. The maximum atomic E-state index is 6.04. The van der Waals surface area contributed by atoms with Crippen LogP contribution in [0, 0.1) is 0 Å². The van der Waals surface area contributed by atoms with Gasteiger partial charge < -0.3 is 5.32 Å². The second-order valence-corrected chi connectivity index (χ2v) is 6.82. The Labute approximate surface area is 165 Å². The lowest BCUT2D eigenvalue weighted by Gasteiger charge is -2.09. The molecule has 6 nitrogen and oxygen atoms in total. The van der Waals surface area contributed by atoms with Crippen LogP contribution in [0.2, 0.25) is 5.15 Å². The molecule has 0 saturated carbocycles. The van der Waals surface area contributed by atoms with E-state index in [4.69, 9.17) is 11.6 Å². The second-order valence-electron chi connectivity index (χ2n) is 6.43. The first-order chi connectivity index (χ1) is 13.8. The van der Waals surface area contributed by atoms with Gasteiger partial charge >= 0.3 is 0 Å². The topological polar surface area (TPSA) is 68.5 Å². The smallest absolute Gasteiger partial charge is 0.141 e. The van der Waals surface area contributed by atoms with Crippen molar-refractivity contribution >= 4 is 44.9 Å². The molecular weight excluding hydrogens is 372 g/mol. The zero-order valence-electron chi connectivity index (χ0n) is 14.7. The van der Waals surface area contributed by atoms with Crippen molar-refractivity contribution in [3.63, 3.8) is 0 Å². The van der Waals surface area contributed by atoms with Crippen LogP contribution in [-0.2, 0) is 6.54 Å². The summed E-state index contributed by atoms with van der Waals surface area (Å²) in [5.74, 6) is 0.685. The third-order valence-corrected chi connectivity index (χ3v) is 4.77. The number of rotatable bonds is 4. The molecule has 1 N–H and O–H groups in total. The Morgan fingerprint density at radius 1 is 0.929 bits per heavy atom. The molecule has 0 amide bonds. The van der Waals surface area contributed by atoms with Crippen LogP contribution in [0.25, 0.3) is 21.8 Å². The van der Waals surface area contributed by atoms with Crippen LogP contribution in [0.1, 0.15) is 5.56 Å². The van der Waals surface area contributed by atoms with Gasteiger partial charge in [-0.2, -0.15) is 5.10 Å². The molecule has 0 spiro atoms. The van der Waals surface area contributed by atoms with Crippen molar-refractivity contribution in [3.05, 3.63) is 84.0 Å². The molecule has 5 rings (SSSR count). The summed E-state index contributed by atoms with van der Waals surface area (Å²) in [6.07, 6.45) is 5.03. The highest BCUT2D eigenvalue weighted by atomic mass is 35.5. The molecule has 3 aromatic heterocycles. The predicted molar refractivity (Wildman–Crippen MR) is 111 cm³/mol. The van der Waals surface area contributed by atoms with Gasteiger partial charge in [-0.3, -0.25) is 4.68 Å². The molecule has 0 aliphatic heterocycles. The van der Waals surface area contributed by atoms with Gasteiger partial charge in [-0.25, -0.2) is 15.0 Å². The van der Waals surface area contributed by atoms with E-state index in [1.807, 2.05) is 35.1 Å². The fourth-order valence-corrected chi connectivity index (χ4v) is 3.37. The van der Waals surface area contributed by atoms with E-state index in [0.29, 0.717) is 11.0 Å². The van der Waals surface area contributed by atoms with Gasteiger partial charge in [-0.05, 0) is 29.8 Å². The number of benzene rings is 2. The number of anilines is 2. The molecule has 0 radical (unpaired) electrons. The SMILES string of the molecule is Clc1cc2c(Nc3ccc4c(cnn4Cc4ccccc4)c3)ncnc2cn1. The van der Waals surface area contributed by atoms with Gasteiger partial charge in [0.1, 0.15) is 17.3 Å². The number of nitrogens with zero attached hydrogens (tertiary/aromatic N) is 5. The molecule has 7 heteroatoms. The van der Waals surface area contributed by atoms with Crippen molar-refractivity contribution in [2.45, 2.75) is 6.54 Å². The van der Waals surface area contributed by atoms with Crippen LogP contribution in [0.3, 0.4) is 0 Å². The minimum Gasteiger partial charge on any atom is -0.340 e. The number of hydrogen-bond acceptors (Lipinski definition) is 5. The van der Waals surface area contributed by atoms with E-state index in [0.717, 1.165) is 34.0 Å². The molecule has 5 aromatic rings. The Kier molecular flexibility index (Phi) is 4.10. The van der Waals surface area contributed by atoms with Crippen LogP contribution in [0.5, 0.6) is 0 Å². The summed E-state index contributed by atoms with van der Waals surface area (Å²) < 4.78 is 2.00. The molecule has 0 fully saturated rings. The molecule has 0 atom stereocenters. The van der Waals surface area contributed by atoms with E-state index in [1.165, 1.54) is 11.9 Å². The molecule has 136 valence electrons. The highest BCUT2D eigenvalue weighted by molar-refractivity contribution is 6.30. The van der Waals surface area contributed by atoms with Crippen LogP contribution in [0.15, 0.2) is 73.3 Å². The largest absolute Gasteiger partial charge is 0.340 e. The number of aromatic nitrogens is 5. The zero-order chi connectivity index (χ0) is 18.9. The minimum atomic E-state index is 0.406. The van der Waals surface area contributed by atoms with Crippen LogP contribution < -0.4 is 5.32 Å². The molecule has 28 heavy (non-hydrogen) atoms. The van der Waals surface area contributed by atoms with E-state index in [9.17, 15) is 0 Å². The van der Waals surface area contributed by atoms with Gasteiger partial charge in [0.25, 0.3) is 0 Å². The van der Waals surface area contributed by atoms with Gasteiger partial charge in [0.2, 0.25) is 0 Å².